The van der Waals surface area contributed by atoms with Gasteiger partial charge in [0.2, 0.25) is 0 Å². The highest BCUT2D eigenvalue weighted by atomic mass is 16.2. The van der Waals surface area contributed by atoms with Gasteiger partial charge in [-0.1, -0.05) is 17.7 Å². The average molecular weight is 231 g/mol. The van der Waals surface area contributed by atoms with Gasteiger partial charge in [0.15, 0.2) is 0 Å². The number of aryl methyl sites for hydroxylation is 1. The number of carbonyl (C=O) groups is 1. The van der Waals surface area contributed by atoms with E-state index in [9.17, 15) is 4.79 Å². The molecular weight excluding hydrogens is 214 g/mol. The fourth-order valence-corrected chi connectivity index (χ4v) is 2.79. The van der Waals surface area contributed by atoms with Gasteiger partial charge in [0, 0.05) is 31.6 Å². The summed E-state index contributed by atoms with van der Waals surface area (Å²) in [4.78, 5) is 14.3. The molecule has 90 valence electrons. The van der Waals surface area contributed by atoms with Crippen molar-refractivity contribution in [2.45, 2.75) is 19.0 Å². The van der Waals surface area contributed by atoms with E-state index in [0.29, 0.717) is 13.1 Å². The SMILES string of the molecule is Cc1ccc2c(c1)C(=O)N1CCNC[C@@]1(N)C2. The van der Waals surface area contributed by atoms with E-state index in [4.69, 9.17) is 5.73 Å². The molecule has 2 heterocycles. The summed E-state index contributed by atoms with van der Waals surface area (Å²) in [6.07, 6.45) is 0.737. The highest BCUT2D eigenvalue weighted by molar-refractivity contribution is 5.97. The first-order valence-corrected chi connectivity index (χ1v) is 6.01. The van der Waals surface area contributed by atoms with Crippen molar-refractivity contribution in [1.82, 2.24) is 10.2 Å². The number of nitrogens with two attached hydrogens (primary N) is 1. The zero-order valence-electron chi connectivity index (χ0n) is 9.99. The lowest BCUT2D eigenvalue weighted by molar-refractivity contribution is 0.0341. The second-order valence-electron chi connectivity index (χ2n) is 5.07. The van der Waals surface area contributed by atoms with Gasteiger partial charge in [-0.25, -0.2) is 0 Å². The largest absolute Gasteiger partial charge is 0.318 e. The summed E-state index contributed by atoms with van der Waals surface area (Å²) in [5, 5.41) is 3.27. The Bertz CT molecular complexity index is 486. The first-order chi connectivity index (χ1) is 8.10. The van der Waals surface area contributed by atoms with Crippen LogP contribution in [0.2, 0.25) is 0 Å². The van der Waals surface area contributed by atoms with Crippen molar-refractivity contribution in [3.05, 3.63) is 34.9 Å². The van der Waals surface area contributed by atoms with Crippen molar-refractivity contribution in [3.63, 3.8) is 0 Å². The molecule has 2 aliphatic rings. The summed E-state index contributed by atoms with van der Waals surface area (Å²) >= 11 is 0. The monoisotopic (exact) mass is 231 g/mol. The lowest BCUT2D eigenvalue weighted by Gasteiger charge is -2.48. The van der Waals surface area contributed by atoms with Gasteiger partial charge in [-0.3, -0.25) is 4.79 Å². The molecule has 0 radical (unpaired) electrons. The summed E-state index contributed by atoms with van der Waals surface area (Å²) < 4.78 is 0. The maximum atomic E-state index is 12.4. The third kappa shape index (κ3) is 1.56. The van der Waals surface area contributed by atoms with E-state index < -0.39 is 5.66 Å². The first kappa shape index (κ1) is 10.7. The molecule has 0 bridgehead atoms. The molecule has 1 amide bonds. The normalized spacial score (nSPS) is 27.6. The van der Waals surface area contributed by atoms with E-state index in [0.717, 1.165) is 29.7 Å². The number of rotatable bonds is 0. The zero-order chi connectivity index (χ0) is 12.0. The molecule has 4 heteroatoms. The fraction of sp³-hybridized carbons (Fsp3) is 0.462. The van der Waals surface area contributed by atoms with Crippen molar-refractivity contribution < 1.29 is 4.79 Å². The van der Waals surface area contributed by atoms with Gasteiger partial charge in [0.25, 0.3) is 5.91 Å². The van der Waals surface area contributed by atoms with E-state index in [1.165, 1.54) is 0 Å². The number of fused-ring (bicyclic) bond motifs is 2. The van der Waals surface area contributed by atoms with Gasteiger partial charge in [-0.05, 0) is 18.6 Å². The molecule has 0 saturated carbocycles. The summed E-state index contributed by atoms with van der Waals surface area (Å²) in [5.74, 6) is 0.0824. The lowest BCUT2D eigenvalue weighted by Crippen LogP contribution is -2.70. The number of piperazine rings is 1. The molecule has 1 fully saturated rings. The molecule has 1 aromatic carbocycles. The second kappa shape index (κ2) is 3.55. The maximum Gasteiger partial charge on any atom is 0.255 e. The van der Waals surface area contributed by atoms with Crippen LogP contribution in [-0.2, 0) is 6.42 Å². The van der Waals surface area contributed by atoms with Gasteiger partial charge >= 0.3 is 0 Å². The predicted molar refractivity (Wildman–Crippen MR) is 65.7 cm³/mol. The number of benzene rings is 1. The van der Waals surface area contributed by atoms with Crippen LogP contribution in [0.4, 0.5) is 0 Å². The third-order valence-corrected chi connectivity index (χ3v) is 3.72. The third-order valence-electron chi connectivity index (χ3n) is 3.72. The predicted octanol–water partition coefficient (Wildman–Crippen LogP) is 0.252. The quantitative estimate of drug-likeness (QED) is 0.673. The minimum absolute atomic E-state index is 0.0824. The Morgan fingerprint density at radius 3 is 3.12 bits per heavy atom. The summed E-state index contributed by atoms with van der Waals surface area (Å²) in [6.45, 7) is 4.20. The highest BCUT2D eigenvalue weighted by Gasteiger charge is 2.43. The van der Waals surface area contributed by atoms with E-state index in [2.05, 4.69) is 5.32 Å². The van der Waals surface area contributed by atoms with Crippen molar-refractivity contribution in [2.24, 2.45) is 5.73 Å². The molecule has 0 aromatic heterocycles. The van der Waals surface area contributed by atoms with Crippen molar-refractivity contribution in [1.29, 1.82) is 0 Å². The minimum Gasteiger partial charge on any atom is -0.318 e. The Kier molecular flexibility index (Phi) is 2.24. The van der Waals surface area contributed by atoms with Crippen LogP contribution < -0.4 is 11.1 Å². The molecule has 3 N–H and O–H groups in total. The maximum absolute atomic E-state index is 12.4. The number of nitrogens with zero attached hydrogens (tertiary/aromatic N) is 1. The van der Waals surface area contributed by atoms with E-state index in [-0.39, 0.29) is 5.91 Å². The van der Waals surface area contributed by atoms with Crippen molar-refractivity contribution in [3.8, 4) is 0 Å². The molecular formula is C13H17N3O. The molecule has 0 aliphatic carbocycles. The van der Waals surface area contributed by atoms with Gasteiger partial charge in [0.1, 0.15) is 5.66 Å². The molecule has 3 rings (SSSR count). The first-order valence-electron chi connectivity index (χ1n) is 6.01. The summed E-state index contributed by atoms with van der Waals surface area (Å²) in [7, 11) is 0. The number of hydrogen-bond acceptors (Lipinski definition) is 3. The van der Waals surface area contributed by atoms with Gasteiger partial charge < -0.3 is 16.0 Å². The van der Waals surface area contributed by atoms with Crippen molar-refractivity contribution in [2.75, 3.05) is 19.6 Å². The summed E-state index contributed by atoms with van der Waals surface area (Å²) in [6, 6.07) is 6.05. The Balaban J connectivity index is 2.09. The Labute approximate surface area is 101 Å². The van der Waals surface area contributed by atoms with Crippen LogP contribution in [0.15, 0.2) is 18.2 Å². The molecule has 1 aromatic rings. The number of amides is 1. The molecule has 1 atom stereocenters. The van der Waals surface area contributed by atoms with Gasteiger partial charge in [0.05, 0.1) is 0 Å². The van der Waals surface area contributed by atoms with Crippen LogP contribution in [-0.4, -0.2) is 36.1 Å². The molecule has 4 nitrogen and oxygen atoms in total. The lowest BCUT2D eigenvalue weighted by atomic mass is 9.87. The average Bonchev–Trinajstić information content (AvgIpc) is 2.30. The van der Waals surface area contributed by atoms with E-state index in [1.807, 2.05) is 30.0 Å². The van der Waals surface area contributed by atoms with E-state index >= 15 is 0 Å². The Hall–Kier alpha value is -1.39. The van der Waals surface area contributed by atoms with Crippen LogP contribution in [0.25, 0.3) is 0 Å². The topological polar surface area (TPSA) is 58.4 Å². The molecule has 0 spiro atoms. The van der Waals surface area contributed by atoms with Gasteiger partial charge in [-0.15, -0.1) is 0 Å². The standard InChI is InChI=1S/C13H17N3O/c1-9-2-3-10-7-13(14)8-15-4-5-16(13)12(17)11(10)6-9/h2-3,6,15H,4-5,7-8,14H2,1H3/t13-/m1/s1. The minimum atomic E-state index is -0.544. The summed E-state index contributed by atoms with van der Waals surface area (Å²) in [5.41, 5.74) is 8.83. The molecule has 2 aliphatic heterocycles. The molecule has 1 saturated heterocycles. The fourth-order valence-electron chi connectivity index (χ4n) is 2.79. The van der Waals surface area contributed by atoms with Crippen LogP contribution >= 0.6 is 0 Å². The highest BCUT2D eigenvalue weighted by Crippen LogP contribution is 2.29. The smallest absolute Gasteiger partial charge is 0.255 e. The zero-order valence-corrected chi connectivity index (χ0v) is 9.99. The Morgan fingerprint density at radius 2 is 2.29 bits per heavy atom. The van der Waals surface area contributed by atoms with E-state index in [1.54, 1.807) is 0 Å². The van der Waals surface area contributed by atoms with Crippen LogP contribution in [0, 0.1) is 6.92 Å². The number of carbonyl (C=O) groups excluding carboxylic acids is 1. The van der Waals surface area contributed by atoms with Crippen LogP contribution in [0.5, 0.6) is 0 Å². The van der Waals surface area contributed by atoms with Crippen LogP contribution in [0.1, 0.15) is 21.5 Å². The molecule has 17 heavy (non-hydrogen) atoms. The van der Waals surface area contributed by atoms with Crippen LogP contribution in [0.3, 0.4) is 0 Å². The number of nitrogens with one attached hydrogen (secondary N) is 1. The molecule has 0 unspecified atom stereocenters. The second-order valence-corrected chi connectivity index (χ2v) is 5.07. The van der Waals surface area contributed by atoms with Crippen molar-refractivity contribution >= 4 is 5.91 Å². The Morgan fingerprint density at radius 1 is 1.47 bits per heavy atom. The van der Waals surface area contributed by atoms with Gasteiger partial charge in [-0.2, -0.15) is 0 Å². The number of hydrogen-bond donors (Lipinski definition) is 2.